The molecule has 2 aliphatic rings. The van der Waals surface area contributed by atoms with E-state index in [0.29, 0.717) is 23.7 Å². The molecular formula is C18H25N3O4. The third-order valence-corrected chi connectivity index (χ3v) is 4.80. The van der Waals surface area contributed by atoms with Crippen molar-refractivity contribution in [2.75, 3.05) is 38.8 Å². The van der Waals surface area contributed by atoms with Gasteiger partial charge in [0.15, 0.2) is 0 Å². The number of methoxy groups -OCH3 is 2. The second-order valence-corrected chi connectivity index (χ2v) is 6.47. The van der Waals surface area contributed by atoms with Gasteiger partial charge in [-0.3, -0.25) is 15.0 Å². The SMILES string of the molecule is COc1ccc(N2CC(C(=O)NN3CCCCC3)CC2=O)c(OC)c1. The number of hydrogen-bond acceptors (Lipinski definition) is 5. The van der Waals surface area contributed by atoms with Crippen LogP contribution in [0, 0.1) is 5.92 Å². The molecular weight excluding hydrogens is 322 g/mol. The molecule has 2 fully saturated rings. The van der Waals surface area contributed by atoms with Gasteiger partial charge in [0.05, 0.1) is 25.8 Å². The molecule has 7 nitrogen and oxygen atoms in total. The first kappa shape index (κ1) is 17.5. The van der Waals surface area contributed by atoms with Crippen molar-refractivity contribution in [3.8, 4) is 11.5 Å². The molecule has 1 unspecified atom stereocenters. The van der Waals surface area contributed by atoms with Crippen LogP contribution in [0.15, 0.2) is 18.2 Å². The Balaban J connectivity index is 1.68. The summed E-state index contributed by atoms with van der Waals surface area (Å²) in [5.41, 5.74) is 3.63. The van der Waals surface area contributed by atoms with E-state index in [1.807, 2.05) is 5.01 Å². The molecule has 3 rings (SSSR count). The first-order chi connectivity index (χ1) is 12.1. The summed E-state index contributed by atoms with van der Waals surface area (Å²) in [4.78, 5) is 26.6. The Labute approximate surface area is 147 Å². The summed E-state index contributed by atoms with van der Waals surface area (Å²) in [6.45, 7) is 2.12. The number of carbonyl (C=O) groups is 2. The number of hydrazine groups is 1. The van der Waals surface area contributed by atoms with Crippen molar-refractivity contribution in [2.24, 2.45) is 5.92 Å². The second-order valence-electron chi connectivity index (χ2n) is 6.47. The van der Waals surface area contributed by atoms with Crippen LogP contribution in [0.25, 0.3) is 0 Å². The topological polar surface area (TPSA) is 71.1 Å². The molecule has 1 atom stereocenters. The van der Waals surface area contributed by atoms with Crippen LogP contribution in [0.1, 0.15) is 25.7 Å². The van der Waals surface area contributed by atoms with E-state index >= 15 is 0 Å². The standard InChI is InChI=1S/C18H25N3O4/c1-24-14-6-7-15(16(11-14)25-2)21-12-13(10-17(21)22)18(23)19-20-8-4-3-5-9-20/h6-7,11,13H,3-5,8-10,12H2,1-2H3,(H,19,23). The highest BCUT2D eigenvalue weighted by molar-refractivity contribution is 6.01. The highest BCUT2D eigenvalue weighted by Crippen LogP contribution is 2.35. The Hall–Kier alpha value is -2.28. The highest BCUT2D eigenvalue weighted by atomic mass is 16.5. The Bertz CT molecular complexity index is 643. The number of amides is 2. The zero-order valence-electron chi connectivity index (χ0n) is 14.8. The lowest BCUT2D eigenvalue weighted by molar-refractivity contribution is -0.131. The number of rotatable bonds is 5. The Morgan fingerprint density at radius 1 is 1.16 bits per heavy atom. The van der Waals surface area contributed by atoms with Crippen LogP contribution >= 0.6 is 0 Å². The van der Waals surface area contributed by atoms with Crippen LogP contribution in [0.4, 0.5) is 5.69 Å². The maximum absolute atomic E-state index is 12.5. The molecule has 0 bridgehead atoms. The van der Waals surface area contributed by atoms with Crippen molar-refractivity contribution in [2.45, 2.75) is 25.7 Å². The molecule has 1 aromatic carbocycles. The average molecular weight is 347 g/mol. The van der Waals surface area contributed by atoms with Gasteiger partial charge in [-0.05, 0) is 25.0 Å². The van der Waals surface area contributed by atoms with Crippen LogP contribution in [-0.4, -0.2) is 50.7 Å². The van der Waals surface area contributed by atoms with Crippen LogP contribution in [0.3, 0.4) is 0 Å². The van der Waals surface area contributed by atoms with Crippen LogP contribution < -0.4 is 19.8 Å². The molecule has 2 amide bonds. The molecule has 7 heteroatoms. The first-order valence-corrected chi connectivity index (χ1v) is 8.70. The third kappa shape index (κ3) is 3.87. The van der Waals surface area contributed by atoms with Crippen molar-refractivity contribution in [3.63, 3.8) is 0 Å². The largest absolute Gasteiger partial charge is 0.497 e. The minimum Gasteiger partial charge on any atom is -0.497 e. The first-order valence-electron chi connectivity index (χ1n) is 8.70. The quantitative estimate of drug-likeness (QED) is 0.875. The number of carbonyl (C=O) groups excluding carboxylic acids is 2. The van der Waals surface area contributed by atoms with Gasteiger partial charge in [-0.2, -0.15) is 0 Å². The van der Waals surface area contributed by atoms with Crippen LogP contribution in [0.2, 0.25) is 0 Å². The maximum atomic E-state index is 12.5. The number of anilines is 1. The van der Waals surface area contributed by atoms with Crippen LogP contribution in [-0.2, 0) is 9.59 Å². The van der Waals surface area contributed by atoms with Gasteiger partial charge in [0.25, 0.3) is 0 Å². The van der Waals surface area contributed by atoms with Gasteiger partial charge in [-0.25, -0.2) is 5.01 Å². The molecule has 2 saturated heterocycles. The van der Waals surface area contributed by atoms with E-state index < -0.39 is 0 Å². The van der Waals surface area contributed by atoms with Crippen molar-refractivity contribution in [3.05, 3.63) is 18.2 Å². The molecule has 2 aliphatic heterocycles. The summed E-state index contributed by atoms with van der Waals surface area (Å²) >= 11 is 0. The number of piperidine rings is 1. The van der Waals surface area contributed by atoms with Gasteiger partial charge >= 0.3 is 0 Å². The van der Waals surface area contributed by atoms with Gasteiger partial charge in [0.1, 0.15) is 11.5 Å². The fraction of sp³-hybridized carbons (Fsp3) is 0.556. The lowest BCUT2D eigenvalue weighted by atomic mass is 10.1. The summed E-state index contributed by atoms with van der Waals surface area (Å²) in [7, 11) is 3.13. The summed E-state index contributed by atoms with van der Waals surface area (Å²) in [5, 5.41) is 1.97. The minimum atomic E-state index is -0.346. The normalized spacial score (nSPS) is 21.3. The molecule has 0 saturated carbocycles. The smallest absolute Gasteiger partial charge is 0.239 e. The van der Waals surface area contributed by atoms with E-state index in [-0.39, 0.29) is 24.2 Å². The van der Waals surface area contributed by atoms with E-state index in [0.717, 1.165) is 25.9 Å². The predicted octanol–water partition coefficient (Wildman–Crippen LogP) is 1.57. The second kappa shape index (κ2) is 7.74. The summed E-state index contributed by atoms with van der Waals surface area (Å²) < 4.78 is 10.6. The molecule has 0 aliphatic carbocycles. The van der Waals surface area contributed by atoms with E-state index in [4.69, 9.17) is 9.47 Å². The summed E-state index contributed by atoms with van der Waals surface area (Å²) in [5.74, 6) is 0.727. The summed E-state index contributed by atoms with van der Waals surface area (Å²) in [6, 6.07) is 5.32. The Morgan fingerprint density at radius 3 is 2.60 bits per heavy atom. The predicted molar refractivity (Wildman–Crippen MR) is 93.6 cm³/mol. The number of nitrogens with zero attached hydrogens (tertiary/aromatic N) is 2. The minimum absolute atomic E-state index is 0.0674. The highest BCUT2D eigenvalue weighted by Gasteiger charge is 2.37. The fourth-order valence-corrected chi connectivity index (χ4v) is 3.38. The van der Waals surface area contributed by atoms with Crippen molar-refractivity contribution >= 4 is 17.5 Å². The van der Waals surface area contributed by atoms with E-state index in [2.05, 4.69) is 5.43 Å². The summed E-state index contributed by atoms with van der Waals surface area (Å²) in [6.07, 6.45) is 3.62. The fourth-order valence-electron chi connectivity index (χ4n) is 3.38. The molecule has 2 heterocycles. The van der Waals surface area contributed by atoms with Crippen molar-refractivity contribution < 1.29 is 19.1 Å². The van der Waals surface area contributed by atoms with E-state index in [1.165, 1.54) is 6.42 Å². The van der Waals surface area contributed by atoms with Gasteiger partial charge in [0.2, 0.25) is 11.8 Å². The number of benzene rings is 1. The van der Waals surface area contributed by atoms with Gasteiger partial charge in [0, 0.05) is 32.1 Å². The number of hydrogen-bond donors (Lipinski definition) is 1. The average Bonchev–Trinajstić information content (AvgIpc) is 3.03. The van der Waals surface area contributed by atoms with E-state index in [9.17, 15) is 9.59 Å². The molecule has 1 N–H and O–H groups in total. The lowest BCUT2D eigenvalue weighted by Gasteiger charge is -2.28. The molecule has 1 aromatic rings. The maximum Gasteiger partial charge on any atom is 0.239 e. The van der Waals surface area contributed by atoms with Gasteiger partial charge in [-0.1, -0.05) is 6.42 Å². The zero-order valence-corrected chi connectivity index (χ0v) is 14.8. The zero-order chi connectivity index (χ0) is 17.8. The number of ether oxygens (including phenoxy) is 2. The molecule has 136 valence electrons. The lowest BCUT2D eigenvalue weighted by Crippen LogP contribution is -2.47. The monoisotopic (exact) mass is 347 g/mol. The van der Waals surface area contributed by atoms with Gasteiger partial charge in [-0.15, -0.1) is 0 Å². The Morgan fingerprint density at radius 2 is 1.92 bits per heavy atom. The molecule has 25 heavy (non-hydrogen) atoms. The molecule has 0 aromatic heterocycles. The van der Waals surface area contributed by atoms with Crippen LogP contribution in [0.5, 0.6) is 11.5 Å². The third-order valence-electron chi connectivity index (χ3n) is 4.80. The molecule has 0 spiro atoms. The van der Waals surface area contributed by atoms with E-state index in [1.54, 1.807) is 37.3 Å². The number of nitrogens with one attached hydrogen (secondary N) is 1. The van der Waals surface area contributed by atoms with Crippen molar-refractivity contribution in [1.82, 2.24) is 10.4 Å². The molecule has 0 radical (unpaired) electrons. The van der Waals surface area contributed by atoms with Crippen molar-refractivity contribution in [1.29, 1.82) is 0 Å². The van der Waals surface area contributed by atoms with Gasteiger partial charge < -0.3 is 14.4 Å². The Kier molecular flexibility index (Phi) is 5.43.